The fourth-order valence-corrected chi connectivity index (χ4v) is 2.08. The third-order valence-corrected chi connectivity index (χ3v) is 3.37. The molecule has 0 heterocycles. The maximum Gasteiger partial charge on any atom is 0.227 e. The summed E-state index contributed by atoms with van der Waals surface area (Å²) >= 11 is 0. The van der Waals surface area contributed by atoms with E-state index in [1.54, 1.807) is 0 Å². The lowest BCUT2D eigenvalue weighted by Gasteiger charge is -2.13. The SMILES string of the molecule is C/C=C/CC(CC)C(=O)Nc1cccc(CCC(N)=O)c1. The second-order valence-corrected chi connectivity index (χ2v) is 5.07. The van der Waals surface area contributed by atoms with Crippen LogP contribution >= 0.6 is 0 Å². The highest BCUT2D eigenvalue weighted by Gasteiger charge is 2.15. The molecule has 0 fully saturated rings. The molecule has 1 aromatic rings. The predicted octanol–water partition coefficient (Wildman–Crippen LogP) is 3.04. The van der Waals surface area contributed by atoms with E-state index in [9.17, 15) is 9.59 Å². The number of nitrogens with two attached hydrogens (primary N) is 1. The minimum absolute atomic E-state index is 0.0181. The van der Waals surface area contributed by atoms with Gasteiger partial charge in [0.2, 0.25) is 11.8 Å². The maximum absolute atomic E-state index is 12.2. The first-order valence-corrected chi connectivity index (χ1v) is 7.36. The number of benzene rings is 1. The molecule has 0 aliphatic heterocycles. The first-order valence-electron chi connectivity index (χ1n) is 7.36. The lowest BCUT2D eigenvalue weighted by molar-refractivity contribution is -0.120. The Morgan fingerprint density at radius 2 is 2.14 bits per heavy atom. The summed E-state index contributed by atoms with van der Waals surface area (Å²) in [5.41, 5.74) is 6.91. The van der Waals surface area contributed by atoms with E-state index in [-0.39, 0.29) is 17.7 Å². The van der Waals surface area contributed by atoms with Gasteiger partial charge in [-0.3, -0.25) is 9.59 Å². The van der Waals surface area contributed by atoms with Crippen LogP contribution in [0.25, 0.3) is 0 Å². The Labute approximate surface area is 126 Å². The van der Waals surface area contributed by atoms with Gasteiger partial charge in [0.1, 0.15) is 0 Å². The predicted molar refractivity (Wildman–Crippen MR) is 85.8 cm³/mol. The molecule has 0 spiro atoms. The molecule has 0 saturated heterocycles. The molecule has 0 radical (unpaired) electrons. The second-order valence-electron chi connectivity index (χ2n) is 5.07. The average Bonchev–Trinajstić information content (AvgIpc) is 2.46. The monoisotopic (exact) mass is 288 g/mol. The van der Waals surface area contributed by atoms with Gasteiger partial charge < -0.3 is 11.1 Å². The molecule has 1 aromatic carbocycles. The Morgan fingerprint density at radius 3 is 2.76 bits per heavy atom. The number of primary amides is 1. The van der Waals surface area contributed by atoms with E-state index >= 15 is 0 Å². The highest BCUT2D eigenvalue weighted by Crippen LogP contribution is 2.16. The summed E-state index contributed by atoms with van der Waals surface area (Å²) in [6.07, 6.45) is 6.43. The van der Waals surface area contributed by atoms with Gasteiger partial charge in [-0.1, -0.05) is 31.2 Å². The van der Waals surface area contributed by atoms with Gasteiger partial charge in [0.15, 0.2) is 0 Å². The van der Waals surface area contributed by atoms with Crippen molar-refractivity contribution in [3.05, 3.63) is 42.0 Å². The first kappa shape index (κ1) is 17.0. The van der Waals surface area contributed by atoms with Crippen LogP contribution in [0.15, 0.2) is 36.4 Å². The molecule has 1 unspecified atom stereocenters. The van der Waals surface area contributed by atoms with Gasteiger partial charge in [-0.25, -0.2) is 0 Å². The average molecular weight is 288 g/mol. The number of carbonyl (C=O) groups excluding carboxylic acids is 2. The molecule has 0 bridgehead atoms. The molecule has 0 saturated carbocycles. The van der Waals surface area contributed by atoms with Gasteiger partial charge in [0.05, 0.1) is 0 Å². The van der Waals surface area contributed by atoms with Crippen LogP contribution in [0.2, 0.25) is 0 Å². The normalized spacial score (nSPS) is 12.3. The largest absolute Gasteiger partial charge is 0.370 e. The molecular weight excluding hydrogens is 264 g/mol. The van der Waals surface area contributed by atoms with Crippen LogP contribution in [0, 0.1) is 5.92 Å². The quantitative estimate of drug-likeness (QED) is 0.722. The zero-order valence-electron chi connectivity index (χ0n) is 12.8. The third kappa shape index (κ3) is 6.25. The Bertz CT molecular complexity index is 509. The summed E-state index contributed by atoms with van der Waals surface area (Å²) in [7, 11) is 0. The Hall–Kier alpha value is -2.10. The van der Waals surface area contributed by atoms with E-state index in [2.05, 4.69) is 5.32 Å². The Morgan fingerprint density at radius 1 is 1.38 bits per heavy atom. The Kier molecular flexibility index (Phi) is 7.23. The topological polar surface area (TPSA) is 72.2 Å². The minimum Gasteiger partial charge on any atom is -0.370 e. The van der Waals surface area contributed by atoms with Crippen LogP contribution < -0.4 is 11.1 Å². The van der Waals surface area contributed by atoms with Crippen LogP contribution in [0.5, 0.6) is 0 Å². The summed E-state index contributed by atoms with van der Waals surface area (Å²) in [5, 5.41) is 2.94. The zero-order valence-corrected chi connectivity index (χ0v) is 12.8. The van der Waals surface area contributed by atoms with Crippen LogP contribution in [0.4, 0.5) is 5.69 Å². The molecule has 1 atom stereocenters. The van der Waals surface area contributed by atoms with Crippen molar-refractivity contribution in [2.75, 3.05) is 5.32 Å². The molecular formula is C17H24N2O2. The minimum atomic E-state index is -0.318. The maximum atomic E-state index is 12.2. The summed E-state index contributed by atoms with van der Waals surface area (Å²) in [6.45, 7) is 3.96. The van der Waals surface area contributed by atoms with Crippen LogP contribution in [-0.4, -0.2) is 11.8 Å². The molecule has 0 aliphatic carbocycles. The molecule has 2 amide bonds. The van der Waals surface area contributed by atoms with Crippen LogP contribution in [0.1, 0.15) is 38.7 Å². The number of hydrogen-bond donors (Lipinski definition) is 2. The van der Waals surface area contributed by atoms with Crippen molar-refractivity contribution < 1.29 is 9.59 Å². The molecule has 4 nitrogen and oxygen atoms in total. The first-order chi connectivity index (χ1) is 10.1. The number of carbonyl (C=O) groups is 2. The van der Waals surface area contributed by atoms with Crippen molar-refractivity contribution in [3.8, 4) is 0 Å². The van der Waals surface area contributed by atoms with E-state index in [0.29, 0.717) is 12.8 Å². The van der Waals surface area contributed by atoms with E-state index in [4.69, 9.17) is 5.73 Å². The van der Waals surface area contributed by atoms with Crippen LogP contribution in [-0.2, 0) is 16.0 Å². The number of rotatable bonds is 8. The number of hydrogen-bond acceptors (Lipinski definition) is 2. The number of anilines is 1. The molecule has 114 valence electrons. The van der Waals surface area contributed by atoms with Crippen molar-refractivity contribution >= 4 is 17.5 Å². The highest BCUT2D eigenvalue weighted by atomic mass is 16.2. The van der Waals surface area contributed by atoms with Crippen molar-refractivity contribution in [3.63, 3.8) is 0 Å². The van der Waals surface area contributed by atoms with Gasteiger partial charge in [0.25, 0.3) is 0 Å². The summed E-state index contributed by atoms with van der Waals surface area (Å²) < 4.78 is 0. The van der Waals surface area contributed by atoms with Crippen molar-refractivity contribution in [1.82, 2.24) is 0 Å². The summed E-state index contributed by atoms with van der Waals surface area (Å²) in [6, 6.07) is 7.55. The molecule has 3 N–H and O–H groups in total. The lowest BCUT2D eigenvalue weighted by atomic mass is 10.0. The zero-order chi connectivity index (χ0) is 15.7. The van der Waals surface area contributed by atoms with Crippen molar-refractivity contribution in [2.45, 2.75) is 39.5 Å². The second kappa shape index (κ2) is 8.95. The van der Waals surface area contributed by atoms with Gasteiger partial charge >= 0.3 is 0 Å². The number of allylic oxidation sites excluding steroid dienone is 2. The van der Waals surface area contributed by atoms with E-state index < -0.39 is 0 Å². The molecule has 0 aliphatic rings. The fraction of sp³-hybridized carbons (Fsp3) is 0.412. The summed E-state index contributed by atoms with van der Waals surface area (Å²) in [4.78, 5) is 23.0. The molecule has 1 rings (SSSR count). The van der Waals surface area contributed by atoms with E-state index in [0.717, 1.165) is 24.1 Å². The van der Waals surface area contributed by atoms with Gasteiger partial charge in [-0.2, -0.15) is 0 Å². The van der Waals surface area contributed by atoms with Crippen molar-refractivity contribution in [1.29, 1.82) is 0 Å². The van der Waals surface area contributed by atoms with Gasteiger partial charge in [-0.05, 0) is 43.9 Å². The standard InChI is InChI=1S/C17H24N2O2/c1-3-5-8-14(4-2)17(21)19-15-9-6-7-13(12-15)10-11-16(18)20/h3,5-7,9,12,14H,4,8,10-11H2,1-2H3,(H2,18,20)(H,19,21)/b5-3+. The van der Waals surface area contributed by atoms with E-state index in [1.165, 1.54) is 0 Å². The Balaban J connectivity index is 2.66. The highest BCUT2D eigenvalue weighted by molar-refractivity contribution is 5.92. The van der Waals surface area contributed by atoms with E-state index in [1.807, 2.05) is 50.3 Å². The smallest absolute Gasteiger partial charge is 0.227 e. The molecule has 0 aromatic heterocycles. The van der Waals surface area contributed by atoms with Gasteiger partial charge in [0, 0.05) is 18.0 Å². The van der Waals surface area contributed by atoms with Crippen molar-refractivity contribution in [2.24, 2.45) is 11.7 Å². The van der Waals surface area contributed by atoms with Crippen LogP contribution in [0.3, 0.4) is 0 Å². The third-order valence-electron chi connectivity index (χ3n) is 3.37. The molecule has 21 heavy (non-hydrogen) atoms. The number of nitrogens with one attached hydrogen (secondary N) is 1. The number of aryl methyl sites for hydroxylation is 1. The summed E-state index contributed by atoms with van der Waals surface area (Å²) in [5.74, 6) is -0.306. The molecule has 4 heteroatoms. The lowest BCUT2D eigenvalue weighted by Crippen LogP contribution is -2.22. The fourth-order valence-electron chi connectivity index (χ4n) is 2.08. The number of amides is 2. The van der Waals surface area contributed by atoms with Gasteiger partial charge in [-0.15, -0.1) is 0 Å².